The predicted octanol–water partition coefficient (Wildman–Crippen LogP) is 0.940. The standard InChI is InChI=1S/C9H13N3O4/c1-9(2)15-7-6-5(14-8(7)16-9)4(3-13-6)11-12-10/h4-8H,3H2,1-2H3/t4-,5-,6+,7-,8-/m1/s1. The van der Waals surface area contributed by atoms with E-state index >= 15 is 0 Å². The third kappa shape index (κ3) is 1.41. The fourth-order valence-corrected chi connectivity index (χ4v) is 2.47. The van der Waals surface area contributed by atoms with E-state index in [2.05, 4.69) is 10.0 Å². The lowest BCUT2D eigenvalue weighted by Crippen LogP contribution is -2.34. The molecule has 0 N–H and O–H groups in total. The van der Waals surface area contributed by atoms with Gasteiger partial charge in [0.2, 0.25) is 0 Å². The van der Waals surface area contributed by atoms with Gasteiger partial charge in [-0.15, -0.1) is 0 Å². The molecule has 16 heavy (non-hydrogen) atoms. The van der Waals surface area contributed by atoms with Gasteiger partial charge in [0, 0.05) is 4.91 Å². The molecule has 0 bridgehead atoms. The maximum Gasteiger partial charge on any atom is 0.190 e. The molecule has 5 atom stereocenters. The van der Waals surface area contributed by atoms with E-state index in [9.17, 15) is 0 Å². The van der Waals surface area contributed by atoms with Crippen molar-refractivity contribution in [2.45, 2.75) is 50.3 Å². The van der Waals surface area contributed by atoms with Crippen LogP contribution in [-0.4, -0.2) is 43.0 Å². The molecule has 0 aromatic rings. The zero-order valence-electron chi connectivity index (χ0n) is 9.07. The molecule has 0 aliphatic carbocycles. The van der Waals surface area contributed by atoms with E-state index in [1.54, 1.807) is 0 Å². The molecule has 0 radical (unpaired) electrons. The summed E-state index contributed by atoms with van der Waals surface area (Å²) in [6.45, 7) is 4.06. The minimum atomic E-state index is -0.639. The van der Waals surface area contributed by atoms with E-state index in [1.807, 2.05) is 13.8 Å². The lowest BCUT2D eigenvalue weighted by Gasteiger charge is -2.21. The summed E-state index contributed by atoms with van der Waals surface area (Å²) >= 11 is 0. The number of rotatable bonds is 1. The number of fused-ring (bicyclic) bond motifs is 3. The molecule has 0 spiro atoms. The second kappa shape index (κ2) is 3.32. The van der Waals surface area contributed by atoms with E-state index < -0.39 is 12.1 Å². The fraction of sp³-hybridized carbons (Fsp3) is 1.00. The Morgan fingerprint density at radius 2 is 2.06 bits per heavy atom. The third-order valence-electron chi connectivity index (χ3n) is 3.07. The Labute approximate surface area is 92.2 Å². The van der Waals surface area contributed by atoms with Crippen LogP contribution in [0.5, 0.6) is 0 Å². The number of nitrogens with zero attached hydrogens (tertiary/aromatic N) is 3. The topological polar surface area (TPSA) is 85.7 Å². The maximum atomic E-state index is 8.42. The molecular weight excluding hydrogens is 214 g/mol. The molecule has 3 heterocycles. The predicted molar refractivity (Wildman–Crippen MR) is 51.4 cm³/mol. The van der Waals surface area contributed by atoms with Crippen LogP contribution in [0.2, 0.25) is 0 Å². The summed E-state index contributed by atoms with van der Waals surface area (Å²) in [5, 5.41) is 3.65. The Hall–Kier alpha value is -0.850. The lowest BCUT2D eigenvalue weighted by atomic mass is 10.1. The summed E-state index contributed by atoms with van der Waals surface area (Å²) in [7, 11) is 0. The Morgan fingerprint density at radius 3 is 2.81 bits per heavy atom. The van der Waals surface area contributed by atoms with Crippen molar-refractivity contribution in [2.24, 2.45) is 5.11 Å². The zero-order valence-corrected chi connectivity index (χ0v) is 9.07. The summed E-state index contributed by atoms with van der Waals surface area (Å²) in [5.74, 6) is -0.639. The van der Waals surface area contributed by atoms with E-state index in [0.717, 1.165) is 0 Å². The lowest BCUT2D eigenvalue weighted by molar-refractivity contribution is -0.210. The Kier molecular flexibility index (Phi) is 2.14. The summed E-state index contributed by atoms with van der Waals surface area (Å²) in [5.41, 5.74) is 8.42. The van der Waals surface area contributed by atoms with Crippen LogP contribution >= 0.6 is 0 Å². The van der Waals surface area contributed by atoms with Gasteiger partial charge >= 0.3 is 0 Å². The first kappa shape index (κ1) is 10.3. The molecule has 0 unspecified atom stereocenters. The largest absolute Gasteiger partial charge is 0.372 e. The summed E-state index contributed by atoms with van der Waals surface area (Å²) in [6, 6.07) is -0.282. The molecule has 7 heteroatoms. The van der Waals surface area contributed by atoms with Gasteiger partial charge in [-0.3, -0.25) is 0 Å². The van der Waals surface area contributed by atoms with Crippen LogP contribution in [0.15, 0.2) is 5.11 Å². The number of hydrogen-bond donors (Lipinski definition) is 0. The number of ether oxygens (including phenoxy) is 4. The normalized spacial score (nSPS) is 48.5. The quantitative estimate of drug-likeness (QED) is 0.379. The van der Waals surface area contributed by atoms with Crippen LogP contribution < -0.4 is 0 Å². The van der Waals surface area contributed by atoms with Gasteiger partial charge in [0.05, 0.1) is 12.6 Å². The van der Waals surface area contributed by atoms with E-state index in [1.165, 1.54) is 0 Å². The van der Waals surface area contributed by atoms with E-state index in [-0.39, 0.29) is 24.4 Å². The molecular formula is C9H13N3O4. The number of azide groups is 1. The van der Waals surface area contributed by atoms with Crippen molar-refractivity contribution in [3.05, 3.63) is 10.4 Å². The summed E-state index contributed by atoms with van der Waals surface area (Å²) in [6.07, 6.45) is -1.08. The van der Waals surface area contributed by atoms with Gasteiger partial charge in [0.25, 0.3) is 0 Å². The maximum absolute atomic E-state index is 8.42. The van der Waals surface area contributed by atoms with Gasteiger partial charge in [-0.2, -0.15) is 0 Å². The first-order chi connectivity index (χ1) is 7.61. The van der Waals surface area contributed by atoms with Crippen molar-refractivity contribution in [1.82, 2.24) is 0 Å². The molecule has 0 aromatic heterocycles. The molecule has 3 aliphatic rings. The van der Waals surface area contributed by atoms with Crippen molar-refractivity contribution in [3.63, 3.8) is 0 Å². The molecule has 0 amide bonds. The first-order valence-electron chi connectivity index (χ1n) is 5.28. The minimum Gasteiger partial charge on any atom is -0.372 e. The second-order valence-electron chi connectivity index (χ2n) is 4.64. The zero-order chi connectivity index (χ0) is 11.3. The fourth-order valence-electron chi connectivity index (χ4n) is 2.47. The van der Waals surface area contributed by atoms with Gasteiger partial charge in [0.1, 0.15) is 18.3 Å². The summed E-state index contributed by atoms with van der Waals surface area (Å²) < 4.78 is 22.5. The Morgan fingerprint density at radius 1 is 1.25 bits per heavy atom. The average Bonchev–Trinajstić information content (AvgIpc) is 2.77. The Bertz CT molecular complexity index is 355. The summed E-state index contributed by atoms with van der Waals surface area (Å²) in [4.78, 5) is 2.78. The second-order valence-corrected chi connectivity index (χ2v) is 4.64. The highest BCUT2D eigenvalue weighted by atomic mass is 16.8. The molecule has 0 saturated carbocycles. The molecule has 3 saturated heterocycles. The van der Waals surface area contributed by atoms with E-state index in [4.69, 9.17) is 24.5 Å². The Balaban J connectivity index is 1.78. The van der Waals surface area contributed by atoms with Crippen molar-refractivity contribution in [1.29, 1.82) is 0 Å². The molecule has 88 valence electrons. The molecule has 0 aromatic carbocycles. The SMILES string of the molecule is CC1(C)O[C@H]2O[C@H]3[C@H](OC[C@H]3N=[N+]=[N-])[C@H]2O1. The van der Waals surface area contributed by atoms with Crippen molar-refractivity contribution in [2.75, 3.05) is 6.61 Å². The molecule has 3 fully saturated rings. The third-order valence-corrected chi connectivity index (χ3v) is 3.07. The van der Waals surface area contributed by atoms with Crippen LogP contribution in [0.3, 0.4) is 0 Å². The van der Waals surface area contributed by atoms with Crippen molar-refractivity contribution < 1.29 is 18.9 Å². The van der Waals surface area contributed by atoms with Crippen molar-refractivity contribution >= 4 is 0 Å². The molecule has 3 aliphatic heterocycles. The van der Waals surface area contributed by atoms with Gasteiger partial charge in [0.15, 0.2) is 12.1 Å². The highest BCUT2D eigenvalue weighted by Crippen LogP contribution is 2.42. The van der Waals surface area contributed by atoms with Crippen LogP contribution in [0.4, 0.5) is 0 Å². The van der Waals surface area contributed by atoms with Crippen LogP contribution in [0.25, 0.3) is 10.4 Å². The van der Waals surface area contributed by atoms with Gasteiger partial charge in [-0.05, 0) is 19.4 Å². The highest BCUT2D eigenvalue weighted by molar-refractivity contribution is 5.02. The average molecular weight is 227 g/mol. The monoisotopic (exact) mass is 227 g/mol. The van der Waals surface area contributed by atoms with E-state index in [0.29, 0.717) is 6.61 Å². The first-order valence-corrected chi connectivity index (χ1v) is 5.28. The molecule has 3 rings (SSSR count). The smallest absolute Gasteiger partial charge is 0.190 e. The number of hydrogen-bond acceptors (Lipinski definition) is 5. The van der Waals surface area contributed by atoms with Gasteiger partial charge in [-0.1, -0.05) is 5.11 Å². The van der Waals surface area contributed by atoms with Crippen LogP contribution in [-0.2, 0) is 18.9 Å². The molecule has 7 nitrogen and oxygen atoms in total. The van der Waals surface area contributed by atoms with Gasteiger partial charge < -0.3 is 18.9 Å². The highest BCUT2D eigenvalue weighted by Gasteiger charge is 2.59. The van der Waals surface area contributed by atoms with Crippen LogP contribution in [0, 0.1) is 0 Å². The van der Waals surface area contributed by atoms with Gasteiger partial charge in [-0.25, -0.2) is 0 Å². The minimum absolute atomic E-state index is 0.192. The van der Waals surface area contributed by atoms with Crippen LogP contribution in [0.1, 0.15) is 13.8 Å². The van der Waals surface area contributed by atoms with Crippen molar-refractivity contribution in [3.8, 4) is 0 Å².